The van der Waals surface area contributed by atoms with Crippen LogP contribution in [0.4, 0.5) is 16.4 Å². The molecule has 1 saturated carbocycles. The van der Waals surface area contributed by atoms with Crippen LogP contribution in [0.3, 0.4) is 0 Å². The highest BCUT2D eigenvalue weighted by Crippen LogP contribution is 2.36. The van der Waals surface area contributed by atoms with Crippen molar-refractivity contribution in [1.82, 2.24) is 9.97 Å². The molecule has 0 aliphatic heterocycles. The molecule has 1 aromatic carbocycles. The highest BCUT2D eigenvalue weighted by atomic mass is 35.5. The molecule has 2 N–H and O–H groups in total. The number of benzene rings is 1. The number of anilines is 3. The van der Waals surface area contributed by atoms with Gasteiger partial charge in [-0.25, -0.2) is 0 Å². The van der Waals surface area contributed by atoms with Crippen molar-refractivity contribution in [2.45, 2.75) is 58.0 Å². The molecule has 202 valence electrons. The van der Waals surface area contributed by atoms with Gasteiger partial charge in [0.25, 0.3) is 0 Å². The van der Waals surface area contributed by atoms with Gasteiger partial charge in [-0.2, -0.15) is 0 Å². The normalized spacial score (nSPS) is 15.2. The number of aryl methyl sites for hydroxylation is 1. The molecule has 0 saturated heterocycles. The first-order valence-electron chi connectivity index (χ1n) is 13.3. The third kappa shape index (κ3) is 6.40. The monoisotopic (exact) mass is 561 g/mol. The number of thiophene rings is 1. The van der Waals surface area contributed by atoms with Crippen molar-refractivity contribution in [3.63, 3.8) is 0 Å². The molecular formula is C30H32ClN5O2S. The van der Waals surface area contributed by atoms with Crippen LogP contribution in [0.15, 0.2) is 60.9 Å². The van der Waals surface area contributed by atoms with Crippen LogP contribution in [-0.2, 0) is 9.59 Å². The molecule has 39 heavy (non-hydrogen) atoms. The molecule has 1 aliphatic rings. The Balaban J connectivity index is 1.37. The number of hydrogen-bond donors (Lipinski definition) is 2. The van der Waals surface area contributed by atoms with Gasteiger partial charge in [0.2, 0.25) is 12.3 Å². The van der Waals surface area contributed by atoms with Crippen molar-refractivity contribution in [3.8, 4) is 0 Å². The number of aromatic nitrogens is 2. The van der Waals surface area contributed by atoms with Gasteiger partial charge in [-0.3, -0.25) is 24.5 Å². The Hall–Kier alpha value is -3.49. The highest BCUT2D eigenvalue weighted by Gasteiger charge is 2.31. The average Bonchev–Trinajstić information content (AvgIpc) is 3.63. The van der Waals surface area contributed by atoms with Crippen LogP contribution in [0.5, 0.6) is 0 Å². The number of carbonyl (C=O) groups excluding carboxylic acids is 2. The van der Waals surface area contributed by atoms with Gasteiger partial charge in [0.1, 0.15) is 6.04 Å². The zero-order valence-electron chi connectivity index (χ0n) is 22.1. The number of rotatable bonds is 10. The zero-order chi connectivity index (χ0) is 27.4. The van der Waals surface area contributed by atoms with Crippen LogP contribution >= 0.6 is 22.9 Å². The summed E-state index contributed by atoms with van der Waals surface area (Å²) in [5.41, 5.74) is 3.28. The second kappa shape index (κ2) is 12.1. The molecule has 5 rings (SSSR count). The van der Waals surface area contributed by atoms with E-state index in [0.29, 0.717) is 23.0 Å². The first-order chi connectivity index (χ1) is 18.9. The Kier molecular flexibility index (Phi) is 8.43. The fourth-order valence-corrected chi connectivity index (χ4v) is 6.42. The number of fused-ring (bicyclic) bond motifs is 1. The second-order valence-electron chi connectivity index (χ2n) is 10.1. The van der Waals surface area contributed by atoms with E-state index < -0.39 is 6.04 Å². The molecule has 0 radical (unpaired) electrons. The molecule has 2 atom stereocenters. The maximum Gasteiger partial charge on any atom is 0.247 e. The van der Waals surface area contributed by atoms with E-state index in [1.165, 1.54) is 24.2 Å². The lowest BCUT2D eigenvalue weighted by atomic mass is 9.97. The molecule has 0 unspecified atom stereocenters. The van der Waals surface area contributed by atoms with Crippen LogP contribution < -0.4 is 15.5 Å². The predicted octanol–water partition coefficient (Wildman–Crippen LogP) is 7.38. The van der Waals surface area contributed by atoms with Gasteiger partial charge < -0.3 is 10.6 Å². The quantitative estimate of drug-likeness (QED) is 0.197. The topological polar surface area (TPSA) is 87.2 Å². The van der Waals surface area contributed by atoms with Gasteiger partial charge in [0, 0.05) is 28.3 Å². The van der Waals surface area contributed by atoms with Crippen LogP contribution in [0, 0.1) is 12.8 Å². The fraction of sp³-hybridized carbons (Fsp3) is 0.333. The summed E-state index contributed by atoms with van der Waals surface area (Å²) >= 11 is 7.65. The molecule has 9 heteroatoms. The summed E-state index contributed by atoms with van der Waals surface area (Å²) in [4.78, 5) is 37.5. The third-order valence-corrected chi connectivity index (χ3v) is 8.86. The molecule has 3 heterocycles. The van der Waals surface area contributed by atoms with E-state index in [4.69, 9.17) is 11.6 Å². The van der Waals surface area contributed by atoms with Crippen LogP contribution in [-0.4, -0.2) is 28.3 Å². The van der Waals surface area contributed by atoms with Crippen molar-refractivity contribution in [2.24, 2.45) is 5.92 Å². The second-order valence-corrected chi connectivity index (χ2v) is 11.7. The van der Waals surface area contributed by atoms with Crippen LogP contribution in [0.2, 0.25) is 5.02 Å². The van der Waals surface area contributed by atoms with E-state index in [1.807, 2.05) is 55.5 Å². The Labute approximate surface area is 237 Å². The fourth-order valence-electron chi connectivity index (χ4n) is 5.24. The maximum atomic E-state index is 13.7. The van der Waals surface area contributed by atoms with Gasteiger partial charge in [-0.1, -0.05) is 43.4 Å². The summed E-state index contributed by atoms with van der Waals surface area (Å²) in [7, 11) is 0. The molecule has 3 aromatic heterocycles. The van der Waals surface area contributed by atoms with Gasteiger partial charge >= 0.3 is 0 Å². The van der Waals surface area contributed by atoms with E-state index in [1.54, 1.807) is 17.3 Å². The largest absolute Gasteiger partial charge is 0.376 e. The lowest BCUT2D eigenvalue weighted by Gasteiger charge is -2.28. The third-order valence-electron chi connectivity index (χ3n) is 7.37. The van der Waals surface area contributed by atoms with Crippen molar-refractivity contribution in [2.75, 3.05) is 15.5 Å². The number of nitrogens with one attached hydrogen (secondary N) is 2. The van der Waals surface area contributed by atoms with Crippen LogP contribution in [0.25, 0.3) is 10.9 Å². The summed E-state index contributed by atoms with van der Waals surface area (Å²) in [5.74, 6) is 0.237. The van der Waals surface area contributed by atoms with Crippen molar-refractivity contribution < 1.29 is 9.59 Å². The first-order valence-corrected chi connectivity index (χ1v) is 14.5. The van der Waals surface area contributed by atoms with Crippen molar-refractivity contribution in [1.29, 1.82) is 0 Å². The van der Waals surface area contributed by atoms with E-state index in [2.05, 4.69) is 27.5 Å². The number of nitrogens with zero attached hydrogens (tertiary/aromatic N) is 3. The minimum Gasteiger partial charge on any atom is -0.376 e. The summed E-state index contributed by atoms with van der Waals surface area (Å²) in [6.07, 6.45) is 9.31. The molecule has 1 aliphatic carbocycles. The Morgan fingerprint density at radius 2 is 2.00 bits per heavy atom. The predicted molar refractivity (Wildman–Crippen MR) is 160 cm³/mol. The molecule has 4 aromatic rings. The summed E-state index contributed by atoms with van der Waals surface area (Å²) in [6, 6.07) is 14.6. The molecule has 0 bridgehead atoms. The van der Waals surface area contributed by atoms with E-state index >= 15 is 0 Å². The van der Waals surface area contributed by atoms with E-state index in [0.717, 1.165) is 51.4 Å². The maximum absolute atomic E-state index is 13.7. The number of carbonyl (C=O) groups is 2. The SMILES string of the molecule is Cc1ncc(Cl)cc1N[C@@H](C)c1ccc(N(C=O)[C@@H](CC2CCCC2)C(=O)Nc2ccc3ncccc3c2)s1. The Morgan fingerprint density at radius 1 is 1.18 bits per heavy atom. The minimum absolute atomic E-state index is 0.0375. The van der Waals surface area contributed by atoms with Gasteiger partial charge in [0.05, 0.1) is 33.0 Å². The summed E-state index contributed by atoms with van der Waals surface area (Å²) < 4.78 is 0. The number of hydrogen-bond acceptors (Lipinski definition) is 6. The summed E-state index contributed by atoms with van der Waals surface area (Å²) in [5, 5.41) is 8.80. The Morgan fingerprint density at radius 3 is 2.79 bits per heavy atom. The highest BCUT2D eigenvalue weighted by molar-refractivity contribution is 7.16. The van der Waals surface area contributed by atoms with Gasteiger partial charge in [-0.15, -0.1) is 11.3 Å². The summed E-state index contributed by atoms with van der Waals surface area (Å²) in [6.45, 7) is 3.98. The number of amides is 2. The number of pyridine rings is 2. The smallest absolute Gasteiger partial charge is 0.247 e. The lowest BCUT2D eigenvalue weighted by molar-refractivity contribution is -0.119. The molecule has 2 amide bonds. The zero-order valence-corrected chi connectivity index (χ0v) is 23.6. The Bertz CT molecular complexity index is 1470. The van der Waals surface area contributed by atoms with E-state index in [9.17, 15) is 9.59 Å². The van der Waals surface area contributed by atoms with Gasteiger partial charge in [0.15, 0.2) is 0 Å². The average molecular weight is 562 g/mol. The van der Waals surface area contributed by atoms with Crippen molar-refractivity contribution >= 4 is 62.5 Å². The van der Waals surface area contributed by atoms with Crippen molar-refractivity contribution in [3.05, 3.63) is 76.5 Å². The van der Waals surface area contributed by atoms with Gasteiger partial charge in [-0.05, 0) is 68.7 Å². The number of halogens is 1. The lowest BCUT2D eigenvalue weighted by Crippen LogP contribution is -2.44. The molecule has 0 spiro atoms. The first kappa shape index (κ1) is 27.1. The molecule has 7 nitrogen and oxygen atoms in total. The standard InChI is InChI=1S/C30H32ClN5O2S/c1-19-26(16-23(31)17-33-19)34-20(2)28-11-12-29(39-28)36(18-37)27(14-21-6-3-4-7-21)30(38)35-24-9-10-25-22(15-24)8-5-13-32-25/h5,8-13,15-18,20-21,27,34H,3-4,6-7,14H2,1-2H3,(H,35,38)/t20-,27-/m0/s1. The van der Waals surface area contributed by atoms with E-state index in [-0.39, 0.29) is 11.9 Å². The molecule has 1 fully saturated rings. The minimum atomic E-state index is -0.607. The molecular weight excluding hydrogens is 530 g/mol. The van der Waals surface area contributed by atoms with Crippen LogP contribution in [0.1, 0.15) is 55.6 Å².